The van der Waals surface area contributed by atoms with E-state index in [4.69, 9.17) is 4.84 Å². The molecule has 2 nitrogen and oxygen atoms in total. The second-order valence-electron chi connectivity index (χ2n) is 4.14. The van der Waals surface area contributed by atoms with Gasteiger partial charge in [-0.2, -0.15) is 13.2 Å². The molecule has 0 aromatic heterocycles. The van der Waals surface area contributed by atoms with E-state index in [2.05, 4.69) is 11.4 Å². The minimum absolute atomic E-state index is 0.0326. The standard InChI is InChI=1S/C15H10F4NO/c16-13-6-3-4-11(8-13)9-20-21-10-12-5-1-2-7-14(12)15(17,18)19/h1-8H,10H2. The van der Waals surface area contributed by atoms with E-state index in [9.17, 15) is 17.6 Å². The fourth-order valence-corrected chi connectivity index (χ4v) is 1.67. The van der Waals surface area contributed by atoms with Crippen molar-refractivity contribution in [3.8, 4) is 0 Å². The zero-order chi connectivity index (χ0) is 15.3. The lowest BCUT2D eigenvalue weighted by Gasteiger charge is -2.11. The van der Waals surface area contributed by atoms with Gasteiger partial charge in [0.2, 0.25) is 0 Å². The first kappa shape index (κ1) is 15.0. The topological polar surface area (TPSA) is 21.6 Å². The van der Waals surface area contributed by atoms with Crippen molar-refractivity contribution < 1.29 is 22.4 Å². The summed E-state index contributed by atoms with van der Waals surface area (Å²) in [7, 11) is 0. The van der Waals surface area contributed by atoms with Gasteiger partial charge in [0.1, 0.15) is 18.6 Å². The van der Waals surface area contributed by atoms with Gasteiger partial charge in [-0.3, -0.25) is 0 Å². The molecule has 0 fully saturated rings. The maximum atomic E-state index is 12.9. The van der Waals surface area contributed by atoms with Gasteiger partial charge >= 0.3 is 6.18 Å². The van der Waals surface area contributed by atoms with E-state index in [0.717, 1.165) is 6.07 Å². The lowest BCUT2D eigenvalue weighted by atomic mass is 10.1. The van der Waals surface area contributed by atoms with E-state index in [1.807, 2.05) is 0 Å². The fraction of sp³-hybridized carbons (Fsp3) is 0.133. The van der Waals surface area contributed by atoms with Crippen LogP contribution in [-0.2, 0) is 17.6 Å². The van der Waals surface area contributed by atoms with Gasteiger partial charge in [-0.05, 0) is 18.2 Å². The smallest absolute Gasteiger partial charge is 0.390 e. The molecule has 0 heterocycles. The second-order valence-corrected chi connectivity index (χ2v) is 4.14. The molecular weight excluding hydrogens is 286 g/mol. The third-order valence-corrected chi connectivity index (χ3v) is 2.61. The highest BCUT2D eigenvalue weighted by atomic mass is 19.4. The Kier molecular flexibility index (Phi) is 4.57. The minimum atomic E-state index is -4.45. The lowest BCUT2D eigenvalue weighted by molar-refractivity contribution is -0.138. The molecule has 1 radical (unpaired) electrons. The fourth-order valence-electron chi connectivity index (χ4n) is 1.67. The number of nitrogens with zero attached hydrogens (tertiary/aromatic N) is 1. The molecule has 0 atom stereocenters. The van der Waals surface area contributed by atoms with Gasteiger partial charge in [-0.1, -0.05) is 35.5 Å². The molecule has 0 N–H and O–H groups in total. The Morgan fingerprint density at radius 2 is 1.81 bits per heavy atom. The van der Waals surface area contributed by atoms with E-state index in [1.54, 1.807) is 6.07 Å². The maximum absolute atomic E-state index is 12.9. The van der Waals surface area contributed by atoms with Crippen LogP contribution in [0.1, 0.15) is 16.7 Å². The first-order valence-electron chi connectivity index (χ1n) is 5.95. The van der Waals surface area contributed by atoms with Gasteiger partial charge in [-0.15, -0.1) is 0 Å². The van der Waals surface area contributed by atoms with Crippen LogP contribution in [0.3, 0.4) is 0 Å². The first-order valence-corrected chi connectivity index (χ1v) is 5.95. The predicted molar refractivity (Wildman–Crippen MR) is 69.2 cm³/mol. The summed E-state index contributed by atoms with van der Waals surface area (Å²) in [6.07, 6.45) is -2.05. The maximum Gasteiger partial charge on any atom is 0.416 e. The van der Waals surface area contributed by atoms with Crippen molar-refractivity contribution in [1.82, 2.24) is 0 Å². The quantitative estimate of drug-likeness (QED) is 0.469. The molecule has 0 spiro atoms. The molecule has 0 bridgehead atoms. The van der Waals surface area contributed by atoms with Crippen LogP contribution in [0.15, 0.2) is 53.7 Å². The van der Waals surface area contributed by atoms with Crippen LogP contribution < -0.4 is 0 Å². The molecule has 2 aromatic rings. The molecule has 2 rings (SSSR count). The molecule has 0 unspecified atom stereocenters. The Morgan fingerprint density at radius 3 is 2.52 bits per heavy atom. The van der Waals surface area contributed by atoms with Crippen LogP contribution >= 0.6 is 0 Å². The monoisotopic (exact) mass is 296 g/mol. The Hall–Kier alpha value is -2.37. The summed E-state index contributed by atoms with van der Waals surface area (Å²) < 4.78 is 51.0. The number of halogens is 4. The molecule has 0 aliphatic heterocycles. The molecule has 109 valence electrons. The number of alkyl halides is 3. The number of hydrogen-bond acceptors (Lipinski definition) is 2. The summed E-state index contributed by atoms with van der Waals surface area (Å²) >= 11 is 0. The Morgan fingerprint density at radius 1 is 1.05 bits per heavy atom. The van der Waals surface area contributed by atoms with Gasteiger partial charge in [0.15, 0.2) is 0 Å². The van der Waals surface area contributed by atoms with Crippen LogP contribution in [0.2, 0.25) is 0 Å². The predicted octanol–water partition coefficient (Wildman–Crippen LogP) is 4.27. The van der Waals surface area contributed by atoms with Crippen LogP contribution in [-0.4, -0.2) is 6.21 Å². The summed E-state index contributed by atoms with van der Waals surface area (Å²) in [5, 5.41) is 3.42. The summed E-state index contributed by atoms with van der Waals surface area (Å²) in [6.45, 7) is -0.349. The van der Waals surface area contributed by atoms with E-state index in [0.29, 0.717) is 5.56 Å². The molecule has 0 amide bonds. The summed E-state index contributed by atoms with van der Waals surface area (Å²) in [4.78, 5) is 4.79. The van der Waals surface area contributed by atoms with E-state index in [1.165, 1.54) is 36.4 Å². The normalized spacial score (nSPS) is 11.8. The number of hydrogen-bond donors (Lipinski definition) is 0. The molecule has 0 aliphatic rings. The van der Waals surface area contributed by atoms with Crippen LogP contribution in [0, 0.1) is 5.82 Å². The summed E-state index contributed by atoms with van der Waals surface area (Å²) in [5.41, 5.74) is -0.472. The largest absolute Gasteiger partial charge is 0.416 e. The van der Waals surface area contributed by atoms with Crippen molar-refractivity contribution >= 4 is 6.21 Å². The minimum Gasteiger partial charge on any atom is -0.390 e. The third kappa shape index (κ3) is 4.30. The van der Waals surface area contributed by atoms with Crippen LogP contribution in [0.5, 0.6) is 0 Å². The Bertz CT molecular complexity index is 638. The highest BCUT2D eigenvalue weighted by Gasteiger charge is 2.32. The molecule has 6 heteroatoms. The van der Waals surface area contributed by atoms with Gasteiger partial charge in [0.05, 0.1) is 5.56 Å². The highest BCUT2D eigenvalue weighted by Crippen LogP contribution is 2.32. The molecule has 0 aliphatic carbocycles. The Balaban J connectivity index is 2.01. The zero-order valence-electron chi connectivity index (χ0n) is 10.7. The molecular formula is C15H10F4NO. The van der Waals surface area contributed by atoms with Gasteiger partial charge in [0.25, 0.3) is 0 Å². The van der Waals surface area contributed by atoms with Crippen molar-refractivity contribution in [3.63, 3.8) is 0 Å². The first-order chi connectivity index (χ1) is 9.97. The average Bonchev–Trinajstić information content (AvgIpc) is 2.43. The van der Waals surface area contributed by atoms with Gasteiger partial charge < -0.3 is 4.84 Å². The third-order valence-electron chi connectivity index (χ3n) is 2.61. The van der Waals surface area contributed by atoms with E-state index >= 15 is 0 Å². The van der Waals surface area contributed by atoms with Crippen molar-refractivity contribution in [1.29, 1.82) is 0 Å². The summed E-state index contributed by atoms with van der Waals surface area (Å²) in [5.74, 6) is -0.461. The van der Waals surface area contributed by atoms with E-state index < -0.39 is 17.6 Å². The molecule has 0 saturated heterocycles. The highest BCUT2D eigenvalue weighted by molar-refractivity contribution is 5.78. The zero-order valence-corrected chi connectivity index (χ0v) is 10.7. The molecule has 0 saturated carbocycles. The Labute approximate surface area is 118 Å². The molecule has 21 heavy (non-hydrogen) atoms. The van der Waals surface area contributed by atoms with Crippen LogP contribution in [0.4, 0.5) is 17.6 Å². The van der Waals surface area contributed by atoms with Crippen molar-refractivity contribution in [2.24, 2.45) is 5.16 Å². The van der Waals surface area contributed by atoms with Crippen molar-refractivity contribution in [3.05, 3.63) is 71.0 Å². The van der Waals surface area contributed by atoms with E-state index in [-0.39, 0.29) is 12.2 Å². The van der Waals surface area contributed by atoms with Gasteiger partial charge in [0, 0.05) is 11.1 Å². The van der Waals surface area contributed by atoms with Gasteiger partial charge in [-0.25, -0.2) is 4.39 Å². The average molecular weight is 296 g/mol. The van der Waals surface area contributed by atoms with Crippen molar-refractivity contribution in [2.75, 3.05) is 0 Å². The summed E-state index contributed by atoms with van der Waals surface area (Å²) in [6, 6.07) is 10.5. The molecule has 2 aromatic carbocycles. The number of rotatable bonds is 4. The number of benzene rings is 2. The van der Waals surface area contributed by atoms with Crippen LogP contribution in [0.25, 0.3) is 0 Å². The SMILES string of the molecule is Fc1cccc(/[C]=N\OCc2ccccc2C(F)(F)F)c1. The lowest BCUT2D eigenvalue weighted by Crippen LogP contribution is -2.09. The second kappa shape index (κ2) is 6.39. The van der Waals surface area contributed by atoms with Crippen molar-refractivity contribution in [2.45, 2.75) is 12.8 Å².